The summed E-state index contributed by atoms with van der Waals surface area (Å²) in [4.78, 5) is 24.5. The van der Waals surface area contributed by atoms with Gasteiger partial charge in [-0.15, -0.1) is 0 Å². The fourth-order valence-corrected chi connectivity index (χ4v) is 2.33. The number of hydrogen-bond acceptors (Lipinski definition) is 3. The van der Waals surface area contributed by atoms with Crippen LogP contribution in [0.25, 0.3) is 0 Å². The van der Waals surface area contributed by atoms with Crippen LogP contribution in [0.3, 0.4) is 0 Å². The Hall–Kier alpha value is -3.20. The molecule has 0 aromatic heterocycles. The summed E-state index contributed by atoms with van der Waals surface area (Å²) in [6.07, 6.45) is -0.154. The summed E-state index contributed by atoms with van der Waals surface area (Å²) >= 11 is 0. The molecule has 0 unspecified atom stereocenters. The van der Waals surface area contributed by atoms with E-state index in [1.807, 2.05) is 36.4 Å². The molecule has 0 heterocycles. The average molecular weight is 316 g/mol. The standard InChI is InChI=1S/C21H16O3/c22-20(16-8-3-1-4-9-16)15-21(23)17-10-7-13-19(14-17)24-18-11-5-2-6-12-18/h1-14H,15H2. The highest BCUT2D eigenvalue weighted by molar-refractivity contribution is 6.13. The van der Waals surface area contributed by atoms with Crippen LogP contribution in [0.5, 0.6) is 11.5 Å². The zero-order chi connectivity index (χ0) is 16.8. The summed E-state index contributed by atoms with van der Waals surface area (Å²) in [6, 6.07) is 25.1. The van der Waals surface area contributed by atoms with Crippen LogP contribution in [-0.4, -0.2) is 11.6 Å². The maximum atomic E-state index is 12.4. The molecule has 0 amide bonds. The zero-order valence-corrected chi connectivity index (χ0v) is 13.0. The van der Waals surface area contributed by atoms with Gasteiger partial charge in [0.25, 0.3) is 0 Å². The maximum Gasteiger partial charge on any atom is 0.170 e. The van der Waals surface area contributed by atoms with Crippen molar-refractivity contribution in [1.29, 1.82) is 0 Å². The Balaban J connectivity index is 1.71. The van der Waals surface area contributed by atoms with E-state index in [2.05, 4.69) is 0 Å². The summed E-state index contributed by atoms with van der Waals surface area (Å²) in [5.74, 6) is 0.860. The molecule has 3 nitrogen and oxygen atoms in total. The molecule has 0 aliphatic carbocycles. The maximum absolute atomic E-state index is 12.4. The lowest BCUT2D eigenvalue weighted by molar-refractivity contribution is 0.0894. The van der Waals surface area contributed by atoms with Crippen molar-refractivity contribution >= 4 is 11.6 Å². The first-order valence-corrected chi connectivity index (χ1v) is 7.67. The van der Waals surface area contributed by atoms with E-state index in [1.54, 1.807) is 48.5 Å². The molecule has 0 spiro atoms. The molecule has 0 aliphatic heterocycles. The first-order valence-electron chi connectivity index (χ1n) is 7.67. The Morgan fingerprint density at radius 2 is 1.17 bits per heavy atom. The van der Waals surface area contributed by atoms with Crippen LogP contribution >= 0.6 is 0 Å². The Kier molecular flexibility index (Phi) is 4.82. The molecule has 0 N–H and O–H groups in total. The SMILES string of the molecule is O=C(CC(=O)c1cccc(Oc2ccccc2)c1)c1ccccc1. The molecular weight excluding hydrogens is 300 g/mol. The number of para-hydroxylation sites is 1. The summed E-state index contributed by atoms with van der Waals surface area (Å²) < 4.78 is 5.72. The Morgan fingerprint density at radius 3 is 1.88 bits per heavy atom. The van der Waals surface area contributed by atoms with Gasteiger partial charge in [0.2, 0.25) is 0 Å². The van der Waals surface area contributed by atoms with Crippen molar-refractivity contribution in [3.8, 4) is 11.5 Å². The Labute approximate surface area is 140 Å². The Bertz CT molecular complexity index is 839. The molecule has 0 fully saturated rings. The zero-order valence-electron chi connectivity index (χ0n) is 13.0. The molecule has 3 rings (SSSR count). The summed E-state index contributed by atoms with van der Waals surface area (Å²) in [7, 11) is 0. The normalized spacial score (nSPS) is 10.2. The van der Waals surface area contributed by atoms with Crippen LogP contribution in [0.15, 0.2) is 84.9 Å². The lowest BCUT2D eigenvalue weighted by atomic mass is 10.0. The van der Waals surface area contributed by atoms with Gasteiger partial charge in [0, 0.05) is 11.1 Å². The van der Waals surface area contributed by atoms with Gasteiger partial charge in [0.05, 0.1) is 6.42 Å². The highest BCUT2D eigenvalue weighted by atomic mass is 16.5. The lowest BCUT2D eigenvalue weighted by Gasteiger charge is -2.07. The number of carbonyl (C=O) groups is 2. The molecule has 0 bridgehead atoms. The van der Waals surface area contributed by atoms with Gasteiger partial charge in [-0.1, -0.05) is 60.7 Å². The van der Waals surface area contributed by atoms with Gasteiger partial charge < -0.3 is 4.74 Å². The minimum atomic E-state index is -0.220. The third-order valence-corrected chi connectivity index (χ3v) is 3.55. The molecule has 118 valence electrons. The first-order chi connectivity index (χ1) is 11.7. The van der Waals surface area contributed by atoms with E-state index in [0.717, 1.165) is 0 Å². The number of carbonyl (C=O) groups excluding carboxylic acids is 2. The number of ketones is 2. The van der Waals surface area contributed by atoms with E-state index in [0.29, 0.717) is 22.6 Å². The molecule has 3 heteroatoms. The van der Waals surface area contributed by atoms with Crippen LogP contribution in [0.2, 0.25) is 0 Å². The molecule has 24 heavy (non-hydrogen) atoms. The summed E-state index contributed by atoms with van der Waals surface area (Å²) in [6.45, 7) is 0. The van der Waals surface area contributed by atoms with Gasteiger partial charge in [-0.05, 0) is 24.3 Å². The van der Waals surface area contributed by atoms with Crippen molar-refractivity contribution in [1.82, 2.24) is 0 Å². The second-order valence-corrected chi connectivity index (χ2v) is 5.33. The minimum absolute atomic E-state index is 0.154. The largest absolute Gasteiger partial charge is 0.457 e. The van der Waals surface area contributed by atoms with E-state index in [9.17, 15) is 9.59 Å². The van der Waals surface area contributed by atoms with Gasteiger partial charge in [-0.2, -0.15) is 0 Å². The second kappa shape index (κ2) is 7.38. The fourth-order valence-electron chi connectivity index (χ4n) is 2.33. The van der Waals surface area contributed by atoms with Gasteiger partial charge in [-0.3, -0.25) is 9.59 Å². The first kappa shape index (κ1) is 15.7. The van der Waals surface area contributed by atoms with E-state index in [-0.39, 0.29) is 18.0 Å². The Morgan fingerprint density at radius 1 is 0.625 bits per heavy atom. The highest BCUT2D eigenvalue weighted by Gasteiger charge is 2.14. The van der Waals surface area contributed by atoms with Crippen molar-refractivity contribution in [3.05, 3.63) is 96.1 Å². The monoisotopic (exact) mass is 316 g/mol. The van der Waals surface area contributed by atoms with E-state index >= 15 is 0 Å². The van der Waals surface area contributed by atoms with Crippen molar-refractivity contribution in [2.24, 2.45) is 0 Å². The lowest BCUT2D eigenvalue weighted by Crippen LogP contribution is -2.08. The van der Waals surface area contributed by atoms with Gasteiger partial charge in [0.15, 0.2) is 11.6 Å². The van der Waals surface area contributed by atoms with Gasteiger partial charge in [-0.25, -0.2) is 0 Å². The van der Waals surface area contributed by atoms with Crippen molar-refractivity contribution < 1.29 is 14.3 Å². The molecule has 3 aromatic carbocycles. The molecule has 0 radical (unpaired) electrons. The second-order valence-electron chi connectivity index (χ2n) is 5.33. The molecule has 0 saturated heterocycles. The van der Waals surface area contributed by atoms with Crippen LogP contribution < -0.4 is 4.74 Å². The highest BCUT2D eigenvalue weighted by Crippen LogP contribution is 2.22. The van der Waals surface area contributed by atoms with Crippen LogP contribution in [0.4, 0.5) is 0 Å². The van der Waals surface area contributed by atoms with Crippen molar-refractivity contribution in [3.63, 3.8) is 0 Å². The number of benzene rings is 3. The smallest absolute Gasteiger partial charge is 0.170 e. The molecule has 0 saturated carbocycles. The molecule has 0 aliphatic rings. The number of ether oxygens (including phenoxy) is 1. The average Bonchev–Trinajstić information content (AvgIpc) is 2.63. The molecule has 3 aromatic rings. The third kappa shape index (κ3) is 3.96. The van der Waals surface area contributed by atoms with Gasteiger partial charge in [0.1, 0.15) is 11.5 Å². The molecule has 0 atom stereocenters. The third-order valence-electron chi connectivity index (χ3n) is 3.55. The van der Waals surface area contributed by atoms with Crippen molar-refractivity contribution in [2.75, 3.05) is 0 Å². The van der Waals surface area contributed by atoms with E-state index in [4.69, 9.17) is 4.74 Å². The topological polar surface area (TPSA) is 43.4 Å². The van der Waals surface area contributed by atoms with E-state index in [1.165, 1.54) is 0 Å². The van der Waals surface area contributed by atoms with E-state index < -0.39 is 0 Å². The minimum Gasteiger partial charge on any atom is -0.457 e. The fraction of sp³-hybridized carbons (Fsp3) is 0.0476. The number of hydrogen-bond donors (Lipinski definition) is 0. The van der Waals surface area contributed by atoms with Crippen LogP contribution in [-0.2, 0) is 0 Å². The number of rotatable bonds is 6. The van der Waals surface area contributed by atoms with Gasteiger partial charge >= 0.3 is 0 Å². The predicted molar refractivity (Wildman–Crippen MR) is 92.7 cm³/mol. The quantitative estimate of drug-likeness (QED) is 0.478. The predicted octanol–water partition coefficient (Wildman–Crippen LogP) is 4.93. The van der Waals surface area contributed by atoms with Crippen molar-refractivity contribution in [2.45, 2.75) is 6.42 Å². The summed E-state index contributed by atoms with van der Waals surface area (Å²) in [5, 5.41) is 0. The molecular formula is C21H16O3. The summed E-state index contributed by atoms with van der Waals surface area (Å²) in [5.41, 5.74) is 1.01. The number of Topliss-reactive ketones (excluding diaryl/α,β-unsaturated/α-hetero) is 2. The van der Waals surface area contributed by atoms with Crippen LogP contribution in [0.1, 0.15) is 27.1 Å². The van der Waals surface area contributed by atoms with Crippen LogP contribution in [0, 0.1) is 0 Å².